The van der Waals surface area contributed by atoms with Crippen molar-refractivity contribution in [1.82, 2.24) is 24.9 Å². The molecule has 23 heteroatoms. The molecule has 0 aromatic carbocycles. The topological polar surface area (TPSA) is 409 Å². The fourth-order valence-electron chi connectivity index (χ4n) is 6.90. The monoisotopic (exact) mass is 1060 g/mol. The lowest BCUT2D eigenvalue weighted by atomic mass is 9.88. The Balaban J connectivity index is -0.000000522. The maximum absolute atomic E-state index is 5.81. The molecule has 0 bridgehead atoms. The van der Waals surface area contributed by atoms with Crippen molar-refractivity contribution in [1.29, 1.82) is 0 Å². The van der Waals surface area contributed by atoms with Gasteiger partial charge in [-0.3, -0.25) is 4.90 Å². The van der Waals surface area contributed by atoms with E-state index in [0.717, 1.165) is 130 Å². The maximum Gasteiger partial charge on any atom is 0.0615 e. The number of ether oxygens (including phenoxy) is 5. The van der Waals surface area contributed by atoms with Crippen LogP contribution >= 0.6 is 0 Å². The van der Waals surface area contributed by atoms with Gasteiger partial charge in [0.25, 0.3) is 0 Å². The molecule has 5 atom stereocenters. The summed E-state index contributed by atoms with van der Waals surface area (Å²) in [7, 11) is 0. The highest BCUT2D eigenvalue weighted by Crippen LogP contribution is 2.24. The summed E-state index contributed by atoms with van der Waals surface area (Å²) in [5.74, 6) is 0. The van der Waals surface area contributed by atoms with Crippen LogP contribution in [0.3, 0.4) is 0 Å². The van der Waals surface area contributed by atoms with Gasteiger partial charge in [0.15, 0.2) is 0 Å². The van der Waals surface area contributed by atoms with Gasteiger partial charge in [0, 0.05) is 153 Å². The Morgan fingerprint density at radius 2 is 0.712 bits per heavy atom. The molecule has 0 amide bonds. The second kappa shape index (κ2) is 60.3. The molecule has 0 rings (SSSR count). The fourth-order valence-corrected chi connectivity index (χ4v) is 6.90. The Bertz CT molecular complexity index is 974. The van der Waals surface area contributed by atoms with Gasteiger partial charge in [0.1, 0.15) is 0 Å². The third-order valence-electron chi connectivity index (χ3n) is 10.9. The zero-order valence-corrected chi connectivity index (χ0v) is 48.1. The average Bonchev–Trinajstić information content (AvgIpc) is 3.33. The lowest BCUT2D eigenvalue weighted by Gasteiger charge is -2.33. The molecule has 0 heterocycles. The summed E-state index contributed by atoms with van der Waals surface area (Å²) in [6, 6.07) is 0.297. The molecular weight excluding hydrogens is 933 g/mol. The smallest absolute Gasteiger partial charge is 0.0615 e. The van der Waals surface area contributed by atoms with Gasteiger partial charge >= 0.3 is 0 Å². The van der Waals surface area contributed by atoms with Crippen LogP contribution in [0.2, 0.25) is 0 Å². The van der Waals surface area contributed by atoms with E-state index in [4.69, 9.17) is 98.2 Å². The van der Waals surface area contributed by atoms with Gasteiger partial charge in [-0.15, -0.1) is 0 Å². The normalized spacial score (nSPS) is 14.5. The SMILES string of the molecule is CC(N)COCC(C)N.CCC(COCC(C)N)(COCC(C)N)COCC(C)N.NCCCCCN(CCN(CCN)CCN)CCN(CCCN(CCN)CCN)CCNCCN.NCCCOCCN. The van der Waals surface area contributed by atoms with E-state index in [0.29, 0.717) is 105 Å². The Kier molecular flexibility index (Phi) is 64.9. The zero-order valence-electron chi connectivity index (χ0n) is 48.1. The Hall–Kier alpha value is -0.920. The van der Waals surface area contributed by atoms with Crippen molar-refractivity contribution >= 4 is 0 Å². The van der Waals surface area contributed by atoms with Crippen molar-refractivity contribution in [2.75, 3.05) is 210 Å². The molecule has 0 spiro atoms. The zero-order chi connectivity index (χ0) is 55.8. The largest absolute Gasteiger partial charge is 0.380 e. The maximum atomic E-state index is 5.81. The molecule has 0 aliphatic carbocycles. The summed E-state index contributed by atoms with van der Waals surface area (Å²) in [6.45, 7) is 36.9. The van der Waals surface area contributed by atoms with Gasteiger partial charge in [-0.1, -0.05) is 13.3 Å². The first-order valence-electron chi connectivity index (χ1n) is 27.9. The molecule has 0 aromatic heterocycles. The standard InChI is InChI=1S/C24H61N11.C15H35N3O3.C6H16N2O.C5H14N2O/c25-5-2-1-3-13-34(23-24-35(18-9-29)19-10-30)22-21-33(20-12-31-11-6-26)15-4-14-32(16-7-27)17-8-28;1-5-15(9-19-6-12(2)16,10-20-7-13(3)17)11-21-8-14(4)18;1-5(7)3-9-4-6(2)8;6-2-1-4-8-5-3-7/h31H,1-30H2;12-14H,5-11,16-18H2,1-4H3;5-6H,3-4,7-8H2,1-2H3;1-7H2. The van der Waals surface area contributed by atoms with Crippen molar-refractivity contribution in [3.8, 4) is 0 Å². The van der Waals surface area contributed by atoms with Crippen LogP contribution in [0.1, 0.15) is 80.1 Å². The fraction of sp³-hybridized carbons (Fsp3) is 1.00. The van der Waals surface area contributed by atoms with Gasteiger partial charge in [0.2, 0.25) is 0 Å². The van der Waals surface area contributed by atoms with Crippen LogP contribution < -0.4 is 79.9 Å². The Morgan fingerprint density at radius 1 is 0.342 bits per heavy atom. The molecule has 0 aliphatic rings. The van der Waals surface area contributed by atoms with E-state index in [-0.39, 0.29) is 35.6 Å². The van der Waals surface area contributed by atoms with Crippen LogP contribution in [0.5, 0.6) is 0 Å². The second-order valence-corrected chi connectivity index (χ2v) is 19.6. The summed E-state index contributed by atoms with van der Waals surface area (Å²) >= 11 is 0. The molecule has 0 saturated carbocycles. The molecule has 27 N–H and O–H groups in total. The summed E-state index contributed by atoms with van der Waals surface area (Å²) in [6.07, 6.45) is 6.42. The molecule has 73 heavy (non-hydrogen) atoms. The van der Waals surface area contributed by atoms with Gasteiger partial charge < -0.3 is 118 Å². The van der Waals surface area contributed by atoms with E-state index in [1.807, 2.05) is 34.6 Å². The summed E-state index contributed by atoms with van der Waals surface area (Å²) in [4.78, 5) is 9.94. The van der Waals surface area contributed by atoms with E-state index >= 15 is 0 Å². The Labute approximate surface area is 447 Å². The number of rotatable bonds is 50. The quantitative estimate of drug-likeness (QED) is 0.0264. The number of hydrogen-bond acceptors (Lipinski definition) is 23. The van der Waals surface area contributed by atoms with E-state index in [2.05, 4.69) is 31.8 Å². The van der Waals surface area contributed by atoms with Gasteiger partial charge in [0.05, 0.1) is 59.5 Å². The molecule has 446 valence electrons. The molecule has 0 aliphatic heterocycles. The minimum absolute atomic E-state index is 0.0227. The van der Waals surface area contributed by atoms with Gasteiger partial charge in [-0.05, 0) is 99.4 Å². The summed E-state index contributed by atoms with van der Waals surface area (Å²) in [5.41, 5.74) is 72.7. The van der Waals surface area contributed by atoms with Crippen LogP contribution in [-0.2, 0) is 23.7 Å². The minimum atomic E-state index is -0.182. The van der Waals surface area contributed by atoms with Crippen LogP contribution in [-0.4, -0.2) is 260 Å². The first-order chi connectivity index (χ1) is 35.0. The Morgan fingerprint density at radius 3 is 1.07 bits per heavy atom. The van der Waals surface area contributed by atoms with Crippen LogP contribution in [0.4, 0.5) is 0 Å². The van der Waals surface area contributed by atoms with E-state index in [9.17, 15) is 0 Å². The van der Waals surface area contributed by atoms with Crippen LogP contribution in [0.25, 0.3) is 0 Å². The van der Waals surface area contributed by atoms with E-state index in [1.54, 1.807) is 0 Å². The number of hydrogen-bond donors (Lipinski definition) is 14. The highest BCUT2D eigenvalue weighted by atomic mass is 16.5. The lowest BCUT2D eigenvalue weighted by molar-refractivity contribution is -0.0750. The molecule has 0 radical (unpaired) electrons. The number of nitrogens with zero attached hydrogens (tertiary/aromatic N) is 4. The minimum Gasteiger partial charge on any atom is -0.380 e. The van der Waals surface area contributed by atoms with E-state index in [1.165, 1.54) is 12.8 Å². The second-order valence-electron chi connectivity index (χ2n) is 19.6. The third-order valence-corrected chi connectivity index (χ3v) is 10.9. The van der Waals surface area contributed by atoms with Crippen molar-refractivity contribution in [2.45, 2.75) is 110 Å². The predicted molar refractivity (Wildman–Crippen MR) is 309 cm³/mol. The van der Waals surface area contributed by atoms with Crippen molar-refractivity contribution in [3.05, 3.63) is 0 Å². The molecule has 5 unspecified atom stereocenters. The summed E-state index contributed by atoms with van der Waals surface area (Å²) in [5, 5.41) is 3.44. The molecular formula is C50H126N18O5. The van der Waals surface area contributed by atoms with Gasteiger partial charge in [-0.25, -0.2) is 0 Å². The first kappa shape index (κ1) is 78.6. The van der Waals surface area contributed by atoms with Crippen molar-refractivity contribution in [3.63, 3.8) is 0 Å². The van der Waals surface area contributed by atoms with Crippen LogP contribution in [0.15, 0.2) is 0 Å². The average molecular weight is 1060 g/mol. The number of nitrogens with two attached hydrogens (primary N) is 13. The number of unbranched alkanes of at least 4 members (excludes halogenated alkanes) is 2. The predicted octanol–water partition coefficient (Wildman–Crippen LogP) is -3.42. The number of nitrogens with one attached hydrogen (secondary N) is 1. The van der Waals surface area contributed by atoms with Crippen molar-refractivity contribution < 1.29 is 23.7 Å². The van der Waals surface area contributed by atoms with Crippen molar-refractivity contribution in [2.24, 2.45) is 80.0 Å². The molecule has 0 fully saturated rings. The summed E-state index contributed by atoms with van der Waals surface area (Å²) < 4.78 is 27.3. The molecule has 0 saturated heterocycles. The van der Waals surface area contributed by atoms with Crippen LogP contribution in [0, 0.1) is 5.41 Å². The van der Waals surface area contributed by atoms with Gasteiger partial charge in [-0.2, -0.15) is 0 Å². The third kappa shape index (κ3) is 61.8. The van der Waals surface area contributed by atoms with E-state index < -0.39 is 0 Å². The highest BCUT2D eigenvalue weighted by Gasteiger charge is 2.30. The molecule has 0 aromatic rings. The first-order valence-corrected chi connectivity index (χ1v) is 27.9. The highest BCUT2D eigenvalue weighted by molar-refractivity contribution is 4.79. The lowest BCUT2D eigenvalue weighted by Crippen LogP contribution is -2.44. The molecule has 23 nitrogen and oxygen atoms in total.